The van der Waals surface area contributed by atoms with Gasteiger partial charge in [-0.15, -0.1) is 0 Å². The van der Waals surface area contributed by atoms with E-state index < -0.39 is 0 Å². The molecule has 2 nitrogen and oxygen atoms in total. The van der Waals surface area contributed by atoms with Crippen LogP contribution >= 0.6 is 15.9 Å². The smallest absolute Gasteiger partial charge is 0.134 e. The second-order valence-corrected chi connectivity index (χ2v) is 4.35. The van der Waals surface area contributed by atoms with Gasteiger partial charge in [-0.25, -0.2) is 0 Å². The summed E-state index contributed by atoms with van der Waals surface area (Å²) in [5, 5.41) is 9.70. The molecule has 72 valence electrons. The molecule has 0 bridgehead atoms. The molecule has 0 fully saturated rings. The lowest BCUT2D eigenvalue weighted by molar-refractivity contribution is 0.385. The van der Waals surface area contributed by atoms with Gasteiger partial charge in [-0.1, -0.05) is 6.07 Å². The van der Waals surface area contributed by atoms with Crippen molar-refractivity contribution in [2.45, 2.75) is 13.5 Å². The zero-order chi connectivity index (χ0) is 10.0. The van der Waals surface area contributed by atoms with Gasteiger partial charge < -0.3 is 10.0 Å². The average Bonchev–Trinajstić information content (AvgIpc) is 1.98. The number of aryl methyl sites for hydroxylation is 1. The number of phenolic OH excluding ortho intramolecular Hbond substituents is 1. The van der Waals surface area contributed by atoms with Crippen molar-refractivity contribution in [2.24, 2.45) is 0 Å². The van der Waals surface area contributed by atoms with Crippen LogP contribution in [0.4, 0.5) is 0 Å². The Kier molecular flexibility index (Phi) is 3.33. The van der Waals surface area contributed by atoms with E-state index in [4.69, 9.17) is 0 Å². The predicted molar refractivity (Wildman–Crippen MR) is 57.9 cm³/mol. The van der Waals surface area contributed by atoms with Gasteiger partial charge in [0.15, 0.2) is 0 Å². The van der Waals surface area contributed by atoms with Crippen LogP contribution in [-0.4, -0.2) is 24.1 Å². The maximum absolute atomic E-state index is 9.70. The molecular formula is C10H14BrNO. The lowest BCUT2D eigenvalue weighted by Gasteiger charge is -2.12. The van der Waals surface area contributed by atoms with Gasteiger partial charge in [-0.2, -0.15) is 0 Å². The summed E-state index contributed by atoms with van der Waals surface area (Å²) in [6, 6.07) is 3.91. The third kappa shape index (κ3) is 2.71. The Hall–Kier alpha value is -0.540. The minimum absolute atomic E-state index is 0.347. The van der Waals surface area contributed by atoms with Gasteiger partial charge >= 0.3 is 0 Å². The molecule has 3 heteroatoms. The number of rotatable bonds is 2. The summed E-state index contributed by atoms with van der Waals surface area (Å²) >= 11 is 3.32. The number of benzene rings is 1. The Bertz CT molecular complexity index is 310. The van der Waals surface area contributed by atoms with E-state index in [1.807, 2.05) is 38.1 Å². The third-order valence-corrected chi connectivity index (χ3v) is 2.38. The molecule has 1 aromatic carbocycles. The van der Waals surface area contributed by atoms with Crippen LogP contribution in [0.5, 0.6) is 5.75 Å². The summed E-state index contributed by atoms with van der Waals surface area (Å²) in [5.41, 5.74) is 2.11. The number of halogens is 1. The zero-order valence-corrected chi connectivity index (χ0v) is 9.72. The average molecular weight is 244 g/mol. The number of aromatic hydroxyl groups is 1. The van der Waals surface area contributed by atoms with E-state index in [-0.39, 0.29) is 0 Å². The first kappa shape index (κ1) is 10.5. The van der Waals surface area contributed by atoms with Gasteiger partial charge in [-0.05, 0) is 48.6 Å². The summed E-state index contributed by atoms with van der Waals surface area (Å²) < 4.78 is 0.768. The minimum Gasteiger partial charge on any atom is -0.506 e. The van der Waals surface area contributed by atoms with Crippen LogP contribution in [0, 0.1) is 6.92 Å². The van der Waals surface area contributed by atoms with Crippen LogP contribution in [-0.2, 0) is 6.54 Å². The highest BCUT2D eigenvalue weighted by atomic mass is 79.9. The lowest BCUT2D eigenvalue weighted by atomic mass is 10.1. The number of phenols is 1. The van der Waals surface area contributed by atoms with Crippen molar-refractivity contribution in [3.63, 3.8) is 0 Å². The summed E-state index contributed by atoms with van der Waals surface area (Å²) in [6.07, 6.45) is 0. The van der Waals surface area contributed by atoms with E-state index in [0.29, 0.717) is 5.75 Å². The Morgan fingerprint density at radius 3 is 2.54 bits per heavy atom. The number of hydrogen-bond acceptors (Lipinski definition) is 2. The highest BCUT2D eigenvalue weighted by molar-refractivity contribution is 9.10. The van der Waals surface area contributed by atoms with Crippen molar-refractivity contribution in [1.29, 1.82) is 0 Å². The second kappa shape index (κ2) is 4.11. The van der Waals surface area contributed by atoms with Crippen LogP contribution in [0.25, 0.3) is 0 Å². The van der Waals surface area contributed by atoms with Crippen LogP contribution in [0.2, 0.25) is 0 Å². The van der Waals surface area contributed by atoms with Gasteiger partial charge in [0, 0.05) is 12.1 Å². The molecule has 0 aliphatic rings. The molecule has 0 saturated carbocycles. The van der Waals surface area contributed by atoms with E-state index >= 15 is 0 Å². The van der Waals surface area contributed by atoms with Crippen molar-refractivity contribution < 1.29 is 5.11 Å². The first-order valence-corrected chi connectivity index (χ1v) is 4.92. The Labute approximate surface area is 87.3 Å². The van der Waals surface area contributed by atoms with Gasteiger partial charge in [0.25, 0.3) is 0 Å². The van der Waals surface area contributed by atoms with E-state index in [1.165, 1.54) is 0 Å². The standard InChI is InChI=1S/C10H14BrNO/c1-7-4-8(6-12(2)3)10(13)9(11)5-7/h4-5,13H,6H2,1-3H3. The molecule has 0 radical (unpaired) electrons. The summed E-state index contributed by atoms with van der Waals surface area (Å²) in [5.74, 6) is 0.347. The van der Waals surface area contributed by atoms with Crippen molar-refractivity contribution in [1.82, 2.24) is 4.90 Å². The predicted octanol–water partition coefficient (Wildman–Crippen LogP) is 2.52. The molecule has 0 unspecified atom stereocenters. The molecule has 0 aliphatic carbocycles. The van der Waals surface area contributed by atoms with Crippen LogP contribution in [0.3, 0.4) is 0 Å². The monoisotopic (exact) mass is 243 g/mol. The molecule has 0 saturated heterocycles. The topological polar surface area (TPSA) is 23.5 Å². The fourth-order valence-corrected chi connectivity index (χ4v) is 1.88. The molecule has 1 aromatic rings. The van der Waals surface area contributed by atoms with Crippen molar-refractivity contribution >= 4 is 15.9 Å². The molecule has 0 aromatic heterocycles. The highest BCUT2D eigenvalue weighted by Gasteiger charge is 2.06. The van der Waals surface area contributed by atoms with Crippen molar-refractivity contribution in [2.75, 3.05) is 14.1 Å². The molecular weight excluding hydrogens is 230 g/mol. The van der Waals surface area contributed by atoms with E-state index in [0.717, 1.165) is 22.1 Å². The first-order chi connectivity index (χ1) is 6.00. The second-order valence-electron chi connectivity index (χ2n) is 3.49. The first-order valence-electron chi connectivity index (χ1n) is 4.13. The molecule has 0 spiro atoms. The van der Waals surface area contributed by atoms with Crippen LogP contribution < -0.4 is 0 Å². The maximum atomic E-state index is 9.70. The van der Waals surface area contributed by atoms with E-state index in [2.05, 4.69) is 15.9 Å². The molecule has 13 heavy (non-hydrogen) atoms. The largest absolute Gasteiger partial charge is 0.506 e. The van der Waals surface area contributed by atoms with E-state index in [9.17, 15) is 5.11 Å². The lowest BCUT2D eigenvalue weighted by Crippen LogP contribution is -2.10. The van der Waals surface area contributed by atoms with Crippen LogP contribution in [0.1, 0.15) is 11.1 Å². The Morgan fingerprint density at radius 1 is 1.38 bits per heavy atom. The van der Waals surface area contributed by atoms with Gasteiger partial charge in [0.05, 0.1) is 4.47 Å². The van der Waals surface area contributed by atoms with Gasteiger partial charge in [0.1, 0.15) is 5.75 Å². The van der Waals surface area contributed by atoms with Crippen LogP contribution in [0.15, 0.2) is 16.6 Å². The fourth-order valence-electron chi connectivity index (χ4n) is 1.27. The normalized spacial score (nSPS) is 10.8. The maximum Gasteiger partial charge on any atom is 0.134 e. The van der Waals surface area contributed by atoms with Crippen molar-refractivity contribution in [3.05, 3.63) is 27.7 Å². The Morgan fingerprint density at radius 2 is 2.00 bits per heavy atom. The molecule has 0 atom stereocenters. The summed E-state index contributed by atoms with van der Waals surface area (Å²) in [4.78, 5) is 2.03. The molecule has 1 N–H and O–H groups in total. The summed E-state index contributed by atoms with van der Waals surface area (Å²) in [6.45, 7) is 2.77. The molecule has 0 amide bonds. The van der Waals surface area contributed by atoms with E-state index in [1.54, 1.807) is 0 Å². The molecule has 0 heterocycles. The van der Waals surface area contributed by atoms with Crippen molar-refractivity contribution in [3.8, 4) is 5.75 Å². The zero-order valence-electron chi connectivity index (χ0n) is 8.13. The summed E-state index contributed by atoms with van der Waals surface area (Å²) in [7, 11) is 3.96. The Balaban J connectivity index is 3.05. The van der Waals surface area contributed by atoms with Gasteiger partial charge in [0.2, 0.25) is 0 Å². The number of nitrogens with zero attached hydrogens (tertiary/aromatic N) is 1. The highest BCUT2D eigenvalue weighted by Crippen LogP contribution is 2.29. The SMILES string of the molecule is Cc1cc(Br)c(O)c(CN(C)C)c1. The van der Waals surface area contributed by atoms with Gasteiger partial charge in [-0.3, -0.25) is 0 Å². The quantitative estimate of drug-likeness (QED) is 0.864. The molecule has 0 aliphatic heterocycles. The fraction of sp³-hybridized carbons (Fsp3) is 0.400. The molecule has 1 rings (SSSR count). The third-order valence-electron chi connectivity index (χ3n) is 1.77. The number of hydrogen-bond donors (Lipinski definition) is 1. The minimum atomic E-state index is 0.347.